The summed E-state index contributed by atoms with van der Waals surface area (Å²) in [5.41, 5.74) is 6.19. The second-order valence-electron chi connectivity index (χ2n) is 9.14. The average Bonchev–Trinajstić information content (AvgIpc) is 2.85. The van der Waals surface area contributed by atoms with Gasteiger partial charge in [-0.15, -0.1) is 0 Å². The van der Waals surface area contributed by atoms with Crippen LogP contribution in [0.25, 0.3) is 21.8 Å². The lowest BCUT2D eigenvalue weighted by Gasteiger charge is -2.20. The van der Waals surface area contributed by atoms with Gasteiger partial charge in [-0.3, -0.25) is 9.78 Å². The van der Waals surface area contributed by atoms with Gasteiger partial charge in [-0.25, -0.2) is 4.98 Å². The number of anilines is 1. The first-order valence-electron chi connectivity index (χ1n) is 11.7. The highest BCUT2D eigenvalue weighted by atomic mass is 16.2. The van der Waals surface area contributed by atoms with E-state index in [1.54, 1.807) is 4.90 Å². The lowest BCUT2D eigenvalue weighted by Crippen LogP contribution is -2.33. The summed E-state index contributed by atoms with van der Waals surface area (Å²) < 4.78 is 0. The highest BCUT2D eigenvalue weighted by molar-refractivity contribution is 6.08. The first-order valence-corrected chi connectivity index (χ1v) is 11.7. The monoisotopic (exact) mass is 455 g/mol. The molecule has 0 aliphatic rings. The number of likely N-dealkylation sites (N-methyl/N-ethyl adjacent to an activating group) is 2. The zero-order valence-corrected chi connectivity index (χ0v) is 20.7. The Kier molecular flexibility index (Phi) is 7.08. The molecule has 6 heteroatoms. The molecule has 1 N–H and O–H groups in total. The number of fused-ring (bicyclic) bond motifs is 3. The van der Waals surface area contributed by atoms with Crippen molar-refractivity contribution in [2.24, 2.45) is 0 Å². The maximum Gasteiger partial charge on any atom is 0.253 e. The summed E-state index contributed by atoms with van der Waals surface area (Å²) in [5, 5.41) is 5.41. The van der Waals surface area contributed by atoms with Crippen molar-refractivity contribution in [1.82, 2.24) is 19.8 Å². The molecule has 0 fully saturated rings. The summed E-state index contributed by atoms with van der Waals surface area (Å²) in [5.74, 6) is 0.864. The third-order valence-electron chi connectivity index (χ3n) is 6.33. The molecule has 0 spiro atoms. The van der Waals surface area contributed by atoms with Crippen molar-refractivity contribution in [2.45, 2.75) is 19.8 Å². The first kappa shape index (κ1) is 23.6. The normalized spacial score (nSPS) is 11.4. The van der Waals surface area contributed by atoms with Crippen molar-refractivity contribution >= 4 is 33.5 Å². The topological polar surface area (TPSA) is 61.4 Å². The van der Waals surface area contributed by atoms with Gasteiger partial charge in [0.1, 0.15) is 5.52 Å². The number of rotatable bonds is 8. The van der Waals surface area contributed by atoms with Crippen molar-refractivity contribution in [3.05, 3.63) is 77.0 Å². The molecule has 0 saturated heterocycles. The molecule has 0 saturated carbocycles. The summed E-state index contributed by atoms with van der Waals surface area (Å²) in [7, 11) is 7.77. The van der Waals surface area contributed by atoms with Gasteiger partial charge >= 0.3 is 0 Å². The molecule has 0 aliphatic carbocycles. The van der Waals surface area contributed by atoms with Crippen LogP contribution in [-0.2, 0) is 12.8 Å². The van der Waals surface area contributed by atoms with Gasteiger partial charge in [0.25, 0.3) is 5.91 Å². The number of hydrogen-bond acceptors (Lipinski definition) is 5. The number of pyridine rings is 2. The van der Waals surface area contributed by atoms with Crippen molar-refractivity contribution in [1.29, 1.82) is 0 Å². The Morgan fingerprint density at radius 2 is 1.76 bits per heavy atom. The van der Waals surface area contributed by atoms with E-state index in [1.165, 1.54) is 11.1 Å². The quantitative estimate of drug-likeness (QED) is 0.395. The van der Waals surface area contributed by atoms with E-state index in [2.05, 4.69) is 35.3 Å². The summed E-state index contributed by atoms with van der Waals surface area (Å²) in [6, 6.07) is 16.5. The Morgan fingerprint density at radius 1 is 0.971 bits per heavy atom. The number of carbonyl (C=O) groups excluding carboxylic acids is 1. The Morgan fingerprint density at radius 3 is 2.50 bits per heavy atom. The number of nitrogens with zero attached hydrogens (tertiary/aromatic N) is 4. The van der Waals surface area contributed by atoms with Crippen LogP contribution in [0.3, 0.4) is 0 Å². The Bertz CT molecular complexity index is 1330. The van der Waals surface area contributed by atoms with Gasteiger partial charge < -0.3 is 15.1 Å². The lowest BCUT2D eigenvalue weighted by atomic mass is 9.98. The zero-order chi connectivity index (χ0) is 24.2. The number of benzene rings is 2. The van der Waals surface area contributed by atoms with Crippen molar-refractivity contribution in [2.75, 3.05) is 46.6 Å². The number of aryl methyl sites for hydroxylation is 3. The zero-order valence-electron chi connectivity index (χ0n) is 20.7. The minimum Gasteiger partial charge on any atom is -0.371 e. The molecule has 0 unspecified atom stereocenters. The molecule has 34 heavy (non-hydrogen) atoms. The molecule has 2 aromatic carbocycles. The molecule has 2 heterocycles. The molecule has 0 atom stereocenters. The van der Waals surface area contributed by atoms with Gasteiger partial charge in [-0.1, -0.05) is 24.3 Å². The Hall–Kier alpha value is -3.51. The van der Waals surface area contributed by atoms with Gasteiger partial charge in [0, 0.05) is 49.7 Å². The maximum absolute atomic E-state index is 12.8. The van der Waals surface area contributed by atoms with Crippen LogP contribution in [0, 0.1) is 6.92 Å². The van der Waals surface area contributed by atoms with Crippen LogP contribution < -0.4 is 5.32 Å². The second-order valence-corrected chi connectivity index (χ2v) is 9.14. The van der Waals surface area contributed by atoms with E-state index in [0.717, 1.165) is 58.1 Å². The SMILES string of the molecule is CNc1nc2ccccc2c2cc(CCc3ccc(C(=O)N(C)CCN(C)C)cc3C)cnc12. The van der Waals surface area contributed by atoms with Crippen LogP contribution in [0.1, 0.15) is 27.0 Å². The number of nitrogens with one attached hydrogen (secondary N) is 1. The van der Waals surface area contributed by atoms with E-state index in [9.17, 15) is 4.79 Å². The van der Waals surface area contributed by atoms with Gasteiger partial charge in [-0.05, 0) is 74.8 Å². The van der Waals surface area contributed by atoms with Crippen LogP contribution in [0.2, 0.25) is 0 Å². The van der Waals surface area contributed by atoms with Crippen LogP contribution in [0.15, 0.2) is 54.7 Å². The van der Waals surface area contributed by atoms with Gasteiger partial charge in [0.15, 0.2) is 5.82 Å². The molecule has 176 valence electrons. The lowest BCUT2D eigenvalue weighted by molar-refractivity contribution is 0.0786. The predicted octanol–water partition coefficient (Wildman–Crippen LogP) is 4.55. The second kappa shape index (κ2) is 10.2. The Labute approximate surface area is 201 Å². The first-order chi connectivity index (χ1) is 16.4. The van der Waals surface area contributed by atoms with Crippen LogP contribution in [0.5, 0.6) is 0 Å². The maximum atomic E-state index is 12.8. The van der Waals surface area contributed by atoms with Gasteiger partial charge in [0.05, 0.1) is 5.52 Å². The molecule has 4 aromatic rings. The minimum absolute atomic E-state index is 0.0658. The van der Waals surface area contributed by atoms with Crippen LogP contribution in [0.4, 0.5) is 5.82 Å². The fourth-order valence-electron chi connectivity index (χ4n) is 4.25. The fourth-order valence-corrected chi connectivity index (χ4v) is 4.25. The van der Waals surface area contributed by atoms with Crippen LogP contribution in [-0.4, -0.2) is 67.0 Å². The van der Waals surface area contributed by atoms with Gasteiger partial charge in [0.2, 0.25) is 0 Å². The molecule has 1 amide bonds. The fraction of sp³-hybridized carbons (Fsp3) is 0.321. The molecule has 4 rings (SSSR count). The number of amides is 1. The Balaban J connectivity index is 1.52. The van der Waals surface area contributed by atoms with E-state index >= 15 is 0 Å². The van der Waals surface area contributed by atoms with Gasteiger partial charge in [-0.2, -0.15) is 0 Å². The molecular weight excluding hydrogens is 422 g/mol. The number of hydrogen-bond donors (Lipinski definition) is 1. The summed E-state index contributed by atoms with van der Waals surface area (Å²) in [6.45, 7) is 3.64. The number of para-hydroxylation sites is 1. The molecule has 0 radical (unpaired) electrons. The van der Waals surface area contributed by atoms with E-state index in [1.807, 2.05) is 64.7 Å². The summed E-state index contributed by atoms with van der Waals surface area (Å²) >= 11 is 0. The molecule has 2 aromatic heterocycles. The van der Waals surface area contributed by atoms with Crippen LogP contribution >= 0.6 is 0 Å². The van der Waals surface area contributed by atoms with E-state index in [0.29, 0.717) is 6.54 Å². The standard InChI is InChI=1S/C28H33N5O/c1-19-16-22(28(34)33(5)15-14-32(3)4)13-12-21(19)11-10-20-17-24-23-8-6-7-9-25(23)31-27(29-2)26(24)30-18-20/h6-9,12-13,16-18H,10-11,14-15H2,1-5H3,(H,29,31). The predicted molar refractivity (Wildman–Crippen MR) is 141 cm³/mol. The molecular formula is C28H33N5O. The number of aromatic nitrogens is 2. The molecule has 0 bridgehead atoms. The van der Waals surface area contributed by atoms with Crippen molar-refractivity contribution in [3.63, 3.8) is 0 Å². The minimum atomic E-state index is 0.0658. The van der Waals surface area contributed by atoms with Crippen molar-refractivity contribution < 1.29 is 4.79 Å². The molecule has 0 aliphatic heterocycles. The highest BCUT2D eigenvalue weighted by Crippen LogP contribution is 2.28. The van der Waals surface area contributed by atoms with Crippen molar-refractivity contribution in [3.8, 4) is 0 Å². The van der Waals surface area contributed by atoms with E-state index in [-0.39, 0.29) is 5.91 Å². The smallest absolute Gasteiger partial charge is 0.253 e. The largest absolute Gasteiger partial charge is 0.371 e. The highest BCUT2D eigenvalue weighted by Gasteiger charge is 2.14. The summed E-state index contributed by atoms with van der Waals surface area (Å²) in [4.78, 5) is 26.1. The summed E-state index contributed by atoms with van der Waals surface area (Å²) in [6.07, 6.45) is 3.73. The molecule has 6 nitrogen and oxygen atoms in total. The average molecular weight is 456 g/mol. The third kappa shape index (κ3) is 5.02. The van der Waals surface area contributed by atoms with E-state index in [4.69, 9.17) is 9.97 Å². The van der Waals surface area contributed by atoms with E-state index < -0.39 is 0 Å². The third-order valence-corrected chi connectivity index (χ3v) is 6.33. The number of carbonyl (C=O) groups is 1.